The van der Waals surface area contributed by atoms with E-state index in [1.54, 1.807) is 0 Å². The first-order valence-corrected chi connectivity index (χ1v) is 0. The van der Waals surface area contributed by atoms with Crippen LogP contribution < -0.4 is 0 Å². The van der Waals surface area contributed by atoms with Crippen molar-refractivity contribution in [2.45, 2.75) is 0 Å². The molecule has 0 aromatic rings. The Balaban J connectivity index is 0. The van der Waals surface area contributed by atoms with Crippen molar-refractivity contribution in [1.82, 2.24) is 0 Å². The Bertz CT molecular complexity index is 13.5. The van der Waals surface area contributed by atoms with Gasteiger partial charge in [-0.05, 0) is 0 Å². The van der Waals surface area contributed by atoms with E-state index in [0.717, 1.165) is 0 Å². The van der Waals surface area contributed by atoms with E-state index >= 15 is 0 Å². The second-order valence-corrected chi connectivity index (χ2v) is 0. The van der Waals surface area contributed by atoms with E-state index in [4.69, 9.17) is 0 Å². The molecule has 0 spiro atoms. The van der Waals surface area contributed by atoms with Gasteiger partial charge in [-0.25, -0.2) is 0 Å². The van der Waals surface area contributed by atoms with Gasteiger partial charge in [-0.2, -0.15) is 0 Å². The van der Waals surface area contributed by atoms with E-state index in [1.807, 2.05) is 0 Å². The molecule has 0 N–H and O–H groups in total. The zero-order chi connectivity index (χ0) is 0. The van der Waals surface area contributed by atoms with Gasteiger partial charge >= 0.3 is 76.2 Å². The standard InChI is InChI=1S/In.Mg.Nb.Pb.7H/q;+2;;;;;;;;2*-1. The van der Waals surface area contributed by atoms with Crippen molar-refractivity contribution in [3.8, 4) is 0 Å². The molecule has 0 aliphatic heterocycles. The molecule has 4 heavy (non-hydrogen) atoms. The number of hydrogen-bond donors (Lipinski definition) is 0. The van der Waals surface area contributed by atoms with Crippen LogP contribution in [0.1, 0.15) is 2.85 Å². The van der Waals surface area contributed by atoms with Crippen LogP contribution in [0.25, 0.3) is 0 Å². The quantitative estimate of drug-likeness (QED) is 0.369. The van der Waals surface area contributed by atoms with E-state index in [9.17, 15) is 0 Å². The fraction of sp³-hybridized carbons (Fsp3) is 0. The van der Waals surface area contributed by atoms with E-state index in [-0.39, 0.29) is 101 Å². The van der Waals surface area contributed by atoms with Crippen LogP contribution in [0.5, 0.6) is 0 Å². The van der Waals surface area contributed by atoms with Crippen molar-refractivity contribution in [3.05, 3.63) is 0 Å². The average molecular weight is 446 g/mol. The van der Waals surface area contributed by atoms with Gasteiger partial charge in [-0.3, -0.25) is 0 Å². The predicted octanol–water partition coefficient (Wildman–Crippen LogP) is -2.26. The van der Waals surface area contributed by atoms with Gasteiger partial charge in [0, 0.05) is 22.4 Å². The van der Waals surface area contributed by atoms with Crippen molar-refractivity contribution < 1.29 is 25.2 Å². The number of rotatable bonds is 0. The summed E-state index contributed by atoms with van der Waals surface area (Å²) >= 11 is 0. The summed E-state index contributed by atoms with van der Waals surface area (Å²) in [5.41, 5.74) is 0. The van der Waals surface area contributed by atoms with Crippen molar-refractivity contribution in [3.63, 3.8) is 0 Å². The summed E-state index contributed by atoms with van der Waals surface area (Å²) in [5.74, 6) is 0. The molecule has 0 nitrogen and oxygen atoms in total. The van der Waals surface area contributed by atoms with Gasteiger partial charge in [-0.1, -0.05) is 0 Å². The van der Waals surface area contributed by atoms with E-state index < -0.39 is 0 Å². The average Bonchev–Trinajstić information content (AvgIpc) is 0. The maximum atomic E-state index is 0. The molecule has 0 aromatic carbocycles. The Labute approximate surface area is 99.4 Å². The van der Waals surface area contributed by atoms with Crippen LogP contribution in [0, 0.1) is 0 Å². The van der Waals surface area contributed by atoms with Crippen LogP contribution in [0.3, 0.4) is 0 Å². The van der Waals surface area contributed by atoms with Gasteiger partial charge in [-0.15, -0.1) is 0 Å². The van der Waals surface area contributed by atoms with Gasteiger partial charge in [0.2, 0.25) is 0 Å². The molecule has 0 unspecified atom stereocenters. The molecule has 21 valence electrons. The first kappa shape index (κ1) is 26.6. The van der Waals surface area contributed by atoms with Crippen LogP contribution in [0.2, 0.25) is 0 Å². The fourth-order valence-electron chi connectivity index (χ4n) is 0. The molecule has 3 radical (unpaired) electrons. The Morgan fingerprint density at radius 3 is 1.25 bits per heavy atom. The van der Waals surface area contributed by atoms with Gasteiger partial charge in [0.15, 0.2) is 0 Å². The summed E-state index contributed by atoms with van der Waals surface area (Å²) in [5, 5.41) is 0. The van der Waals surface area contributed by atoms with Gasteiger partial charge in [0.25, 0.3) is 0 Å². The van der Waals surface area contributed by atoms with Crippen molar-refractivity contribution in [1.29, 1.82) is 0 Å². The molecule has 0 saturated carbocycles. The van der Waals surface area contributed by atoms with Crippen LogP contribution in [0.15, 0.2) is 0 Å². The minimum absolute atomic E-state index is 0. The Kier molecular flexibility index (Phi) is 108. The first-order chi connectivity index (χ1) is 0. The molecule has 0 saturated heterocycles. The molecule has 0 rings (SSSR count). The van der Waals surface area contributed by atoms with Gasteiger partial charge in [0.1, 0.15) is 0 Å². The molecule has 0 heterocycles. The van der Waals surface area contributed by atoms with Crippen LogP contribution in [-0.4, -0.2) is 76.2 Å². The molecule has 0 aromatic heterocycles. The summed E-state index contributed by atoms with van der Waals surface area (Å²) in [6, 6.07) is 0. The molecular formula is H7InMgNbPb. The van der Waals surface area contributed by atoms with Gasteiger partial charge < -0.3 is 2.85 Å². The Morgan fingerprint density at radius 2 is 1.25 bits per heavy atom. The van der Waals surface area contributed by atoms with Gasteiger partial charge in [0.05, 0.1) is 0 Å². The normalized spacial score (nSPS) is 0. The monoisotopic (exact) mass is 447 g/mol. The summed E-state index contributed by atoms with van der Waals surface area (Å²) < 4.78 is 0. The second kappa shape index (κ2) is 16.3. The SMILES string of the molecule is [H-].[H-].[InH3].[Mg+2].[Nb].[PbH2]. The zero-order valence-electron chi connectivity index (χ0n) is 3.86. The van der Waals surface area contributed by atoms with Crippen molar-refractivity contribution >= 4 is 76.2 Å². The minimum atomic E-state index is 0. The maximum absolute atomic E-state index is 0. The Morgan fingerprint density at radius 1 is 1.25 bits per heavy atom. The molecule has 0 amide bonds. The van der Waals surface area contributed by atoms with Crippen molar-refractivity contribution in [2.75, 3.05) is 0 Å². The molecule has 0 aliphatic carbocycles. The number of hydrogen-bond acceptors (Lipinski definition) is 0. The molecule has 0 aliphatic rings. The summed E-state index contributed by atoms with van der Waals surface area (Å²) in [6.07, 6.45) is 0. The third-order valence-electron chi connectivity index (χ3n) is 0. The molecule has 0 bridgehead atoms. The third kappa shape index (κ3) is 9.00. The topological polar surface area (TPSA) is 0 Å². The Hall–Kier alpha value is 3.30. The molecule has 0 atom stereocenters. The van der Waals surface area contributed by atoms with E-state index in [2.05, 4.69) is 0 Å². The third-order valence-corrected chi connectivity index (χ3v) is 0. The first-order valence-electron chi connectivity index (χ1n) is 0. The van der Waals surface area contributed by atoms with Crippen LogP contribution in [0.4, 0.5) is 0 Å². The molecule has 0 fully saturated rings. The molecule has 4 heteroatoms. The van der Waals surface area contributed by atoms with Crippen LogP contribution in [-0.2, 0) is 22.4 Å². The predicted molar refractivity (Wildman–Crippen MR) is 26.5 cm³/mol. The van der Waals surface area contributed by atoms with Crippen LogP contribution >= 0.6 is 0 Å². The van der Waals surface area contributed by atoms with E-state index in [0.29, 0.717) is 0 Å². The zero-order valence-corrected chi connectivity index (χ0v) is 11.0. The molecular weight excluding hydrogens is 439 g/mol. The van der Waals surface area contributed by atoms with Crippen molar-refractivity contribution in [2.24, 2.45) is 0 Å². The summed E-state index contributed by atoms with van der Waals surface area (Å²) in [4.78, 5) is 0. The van der Waals surface area contributed by atoms with E-state index in [1.165, 1.54) is 0 Å². The fourth-order valence-corrected chi connectivity index (χ4v) is 0. The second-order valence-electron chi connectivity index (χ2n) is 0. The summed E-state index contributed by atoms with van der Waals surface area (Å²) in [7, 11) is 0. The summed E-state index contributed by atoms with van der Waals surface area (Å²) in [6.45, 7) is 0.